The zero-order valence-electron chi connectivity index (χ0n) is 12.3. The molecule has 0 radical (unpaired) electrons. The first-order valence-corrected chi connectivity index (χ1v) is 8.98. The van der Waals surface area contributed by atoms with E-state index in [0.29, 0.717) is 6.54 Å². The fraction of sp³-hybridized carbons (Fsp3) is 0.500. The van der Waals surface area contributed by atoms with Crippen molar-refractivity contribution in [2.24, 2.45) is 0 Å². The molecule has 2 aromatic rings. The summed E-state index contributed by atoms with van der Waals surface area (Å²) in [5.74, 6) is 0.775. The van der Waals surface area contributed by atoms with Crippen molar-refractivity contribution in [1.82, 2.24) is 13.7 Å². The van der Waals surface area contributed by atoms with Crippen molar-refractivity contribution in [3.63, 3.8) is 0 Å². The Morgan fingerprint density at radius 3 is 2.90 bits per heavy atom. The molecule has 3 heterocycles. The summed E-state index contributed by atoms with van der Waals surface area (Å²) in [6.07, 6.45) is 7.92. The highest BCUT2D eigenvalue weighted by Gasteiger charge is 2.32. The van der Waals surface area contributed by atoms with Crippen molar-refractivity contribution >= 4 is 21.4 Å². The Bertz CT molecular complexity index is 753. The predicted molar refractivity (Wildman–Crippen MR) is 82.9 cm³/mol. The lowest BCUT2D eigenvalue weighted by atomic mass is 10.0. The van der Waals surface area contributed by atoms with E-state index in [9.17, 15) is 8.42 Å². The third-order valence-corrected chi connectivity index (χ3v) is 5.28. The minimum absolute atomic E-state index is 0.173. The van der Waals surface area contributed by atoms with Crippen molar-refractivity contribution in [2.75, 3.05) is 25.2 Å². The molecule has 114 valence electrons. The quantitative estimate of drug-likeness (QED) is 0.940. The second-order valence-corrected chi connectivity index (χ2v) is 7.39. The first-order valence-electron chi connectivity index (χ1n) is 7.13. The van der Waals surface area contributed by atoms with E-state index in [1.54, 1.807) is 4.31 Å². The van der Waals surface area contributed by atoms with Crippen molar-refractivity contribution in [2.45, 2.75) is 25.3 Å². The largest absolute Gasteiger partial charge is 0.371 e. The van der Waals surface area contributed by atoms with Gasteiger partial charge in [-0.15, -0.1) is 0 Å². The number of fused-ring (bicyclic) bond motifs is 1. The first kappa shape index (κ1) is 14.3. The highest BCUT2D eigenvalue weighted by Crippen LogP contribution is 2.32. The van der Waals surface area contributed by atoms with Crippen molar-refractivity contribution < 1.29 is 8.42 Å². The number of hydrogen-bond acceptors (Lipinski definition) is 4. The second-order valence-electron chi connectivity index (χ2n) is 5.45. The maximum Gasteiger partial charge on any atom is 0.211 e. The third kappa shape index (κ3) is 2.63. The van der Waals surface area contributed by atoms with Gasteiger partial charge in [0.25, 0.3) is 0 Å². The summed E-state index contributed by atoms with van der Waals surface area (Å²) >= 11 is 0. The van der Waals surface area contributed by atoms with Crippen LogP contribution in [0.5, 0.6) is 0 Å². The predicted octanol–water partition coefficient (Wildman–Crippen LogP) is 1.86. The number of nitrogens with one attached hydrogen (secondary N) is 1. The molecule has 1 N–H and O–H groups in total. The average Bonchev–Trinajstić information content (AvgIpc) is 2.93. The monoisotopic (exact) mass is 308 g/mol. The minimum atomic E-state index is -3.22. The zero-order chi connectivity index (χ0) is 15.0. The lowest BCUT2D eigenvalue weighted by Gasteiger charge is -2.33. The molecule has 0 saturated carbocycles. The SMILES string of the molecule is CNc1nc([C@@H]2CCCCN2S(C)(=O)=O)cn2cccc12. The van der Waals surface area contributed by atoms with Crippen LogP contribution in [0.3, 0.4) is 0 Å². The molecule has 0 amide bonds. The van der Waals surface area contributed by atoms with Crippen LogP contribution < -0.4 is 5.32 Å². The van der Waals surface area contributed by atoms with Crippen LogP contribution in [-0.4, -0.2) is 42.0 Å². The van der Waals surface area contributed by atoms with Crippen molar-refractivity contribution in [1.29, 1.82) is 0 Å². The van der Waals surface area contributed by atoms with Crippen LogP contribution in [0.2, 0.25) is 0 Å². The molecule has 7 heteroatoms. The molecule has 0 aliphatic carbocycles. The summed E-state index contributed by atoms with van der Waals surface area (Å²) in [5, 5.41) is 3.09. The van der Waals surface area contributed by atoms with E-state index in [-0.39, 0.29) is 6.04 Å². The minimum Gasteiger partial charge on any atom is -0.371 e. The Kier molecular flexibility index (Phi) is 3.62. The molecule has 0 spiro atoms. The van der Waals surface area contributed by atoms with Crippen LogP contribution in [0.25, 0.3) is 5.52 Å². The van der Waals surface area contributed by atoms with E-state index in [1.807, 2.05) is 36.0 Å². The summed E-state index contributed by atoms with van der Waals surface area (Å²) in [6, 6.07) is 3.77. The van der Waals surface area contributed by atoms with Crippen molar-refractivity contribution in [3.8, 4) is 0 Å². The van der Waals surface area contributed by atoms with Gasteiger partial charge in [0.2, 0.25) is 10.0 Å². The third-order valence-electron chi connectivity index (χ3n) is 3.99. The Labute approximate surface area is 124 Å². The van der Waals surface area contributed by atoms with E-state index in [2.05, 4.69) is 10.3 Å². The number of anilines is 1. The number of sulfonamides is 1. The summed E-state index contributed by atoms with van der Waals surface area (Å²) in [4.78, 5) is 4.64. The number of hydrogen-bond donors (Lipinski definition) is 1. The van der Waals surface area contributed by atoms with E-state index in [0.717, 1.165) is 36.3 Å². The molecular formula is C14H20N4O2S. The average molecular weight is 308 g/mol. The molecule has 1 aliphatic rings. The van der Waals surface area contributed by atoms with Crippen molar-refractivity contribution in [3.05, 3.63) is 30.2 Å². The van der Waals surface area contributed by atoms with Gasteiger partial charge in [-0.25, -0.2) is 13.4 Å². The first-order chi connectivity index (χ1) is 10.0. The van der Waals surface area contributed by atoms with Gasteiger partial charge in [-0.05, 0) is 25.0 Å². The van der Waals surface area contributed by atoms with E-state index in [1.165, 1.54) is 6.26 Å². The Morgan fingerprint density at radius 2 is 2.19 bits per heavy atom. The Balaban J connectivity index is 2.09. The van der Waals surface area contributed by atoms with Gasteiger partial charge in [-0.2, -0.15) is 4.31 Å². The number of aromatic nitrogens is 2. The summed E-state index contributed by atoms with van der Waals surface area (Å²) in [5.41, 5.74) is 1.79. The fourth-order valence-electron chi connectivity index (χ4n) is 3.01. The van der Waals surface area contributed by atoms with Crippen LogP contribution >= 0.6 is 0 Å². The molecule has 0 unspecified atom stereocenters. The maximum atomic E-state index is 12.0. The molecule has 0 aromatic carbocycles. The van der Waals surface area contributed by atoms with Crippen LogP contribution in [0.1, 0.15) is 31.0 Å². The topological polar surface area (TPSA) is 66.7 Å². The van der Waals surface area contributed by atoms with Crippen LogP contribution in [0, 0.1) is 0 Å². The maximum absolute atomic E-state index is 12.0. The number of rotatable bonds is 3. The van der Waals surface area contributed by atoms with Crippen LogP contribution in [0.4, 0.5) is 5.82 Å². The second kappa shape index (κ2) is 5.31. The lowest BCUT2D eigenvalue weighted by Crippen LogP contribution is -2.38. The van der Waals surface area contributed by atoms with Gasteiger partial charge >= 0.3 is 0 Å². The fourth-order valence-corrected chi connectivity index (χ4v) is 4.14. The Hall–Kier alpha value is -1.60. The molecule has 1 aliphatic heterocycles. The molecule has 21 heavy (non-hydrogen) atoms. The van der Waals surface area contributed by atoms with Gasteiger partial charge in [-0.1, -0.05) is 6.42 Å². The molecule has 1 atom stereocenters. The highest BCUT2D eigenvalue weighted by atomic mass is 32.2. The highest BCUT2D eigenvalue weighted by molar-refractivity contribution is 7.88. The standard InChI is InChI=1S/C14H20N4O2S/c1-15-14-13-7-5-8-17(13)10-11(16-14)12-6-3-4-9-18(12)21(2,19)20/h5,7-8,10,12H,3-4,6,9H2,1-2H3,(H,15,16)/t12-/m0/s1. The normalized spacial score (nSPS) is 20.8. The van der Waals surface area contributed by atoms with Gasteiger partial charge in [0, 0.05) is 26.0 Å². The molecule has 6 nitrogen and oxygen atoms in total. The summed E-state index contributed by atoms with van der Waals surface area (Å²) < 4.78 is 27.6. The van der Waals surface area contributed by atoms with E-state index in [4.69, 9.17) is 0 Å². The van der Waals surface area contributed by atoms with Crippen LogP contribution in [-0.2, 0) is 10.0 Å². The molecule has 3 rings (SSSR count). The molecule has 0 bridgehead atoms. The van der Waals surface area contributed by atoms with Gasteiger partial charge in [0.1, 0.15) is 5.82 Å². The molecule has 1 fully saturated rings. The van der Waals surface area contributed by atoms with E-state index >= 15 is 0 Å². The van der Waals surface area contributed by atoms with Gasteiger partial charge in [0.05, 0.1) is 23.5 Å². The van der Waals surface area contributed by atoms with E-state index < -0.39 is 10.0 Å². The summed E-state index contributed by atoms with van der Waals surface area (Å²) in [6.45, 7) is 0.573. The van der Waals surface area contributed by atoms with Gasteiger partial charge in [-0.3, -0.25) is 0 Å². The molecule has 1 saturated heterocycles. The molecular weight excluding hydrogens is 288 g/mol. The summed E-state index contributed by atoms with van der Waals surface area (Å²) in [7, 11) is -1.39. The Morgan fingerprint density at radius 1 is 1.38 bits per heavy atom. The molecule has 2 aromatic heterocycles. The number of piperidine rings is 1. The lowest BCUT2D eigenvalue weighted by molar-refractivity contribution is 0.252. The van der Waals surface area contributed by atoms with Gasteiger partial charge in [0.15, 0.2) is 0 Å². The van der Waals surface area contributed by atoms with Crippen LogP contribution in [0.15, 0.2) is 24.5 Å². The smallest absolute Gasteiger partial charge is 0.211 e. The number of nitrogens with zero attached hydrogens (tertiary/aromatic N) is 3. The zero-order valence-corrected chi connectivity index (χ0v) is 13.1. The van der Waals surface area contributed by atoms with Gasteiger partial charge < -0.3 is 9.72 Å².